The topological polar surface area (TPSA) is 44.1 Å². The fraction of sp³-hybridized carbons (Fsp3) is 0.200. The zero-order chi connectivity index (χ0) is 10.3. The predicted molar refractivity (Wildman–Crippen MR) is 59.2 cm³/mol. The van der Waals surface area contributed by atoms with Crippen molar-refractivity contribution in [2.45, 2.75) is 0 Å². The fourth-order valence-electron chi connectivity index (χ4n) is 1.72. The molecule has 0 amide bonds. The number of hydrogen-bond acceptors (Lipinski definition) is 2. The lowest BCUT2D eigenvalue weighted by molar-refractivity contribution is -0.618. The zero-order valence-corrected chi connectivity index (χ0v) is 9.89. The number of aliphatic imine (C=N–C) groups is 1. The van der Waals surface area contributed by atoms with Gasteiger partial charge in [-0.15, -0.1) is 9.67 Å². The number of nitrogens with one attached hydrogen (secondary N) is 2. The van der Waals surface area contributed by atoms with E-state index in [0.29, 0.717) is 0 Å². The highest BCUT2D eigenvalue weighted by molar-refractivity contribution is 6.34. The Hall–Kier alpha value is -1.26. The molecule has 0 saturated carbocycles. The summed E-state index contributed by atoms with van der Waals surface area (Å²) < 4.78 is 1.86. The van der Waals surface area contributed by atoms with Gasteiger partial charge in [-0.05, 0) is 12.1 Å². The number of hydrogen-bond donors (Lipinski definition) is 2. The van der Waals surface area contributed by atoms with Crippen LogP contribution in [0.4, 0.5) is 0 Å². The fourth-order valence-corrected chi connectivity index (χ4v) is 1.94. The third kappa shape index (κ3) is 1.74. The van der Waals surface area contributed by atoms with Crippen molar-refractivity contribution in [1.82, 2.24) is 10.4 Å². The lowest BCUT2D eigenvalue weighted by atomic mass is 10.3. The smallest absolute Gasteiger partial charge is 0.408 e. The Labute approximate surface area is 104 Å². The van der Waals surface area contributed by atoms with E-state index in [-0.39, 0.29) is 12.4 Å². The molecular weight excluding hydrogens is 247 g/mol. The molecule has 3 rings (SSSR count). The van der Waals surface area contributed by atoms with Crippen molar-refractivity contribution in [1.29, 1.82) is 0 Å². The Morgan fingerprint density at radius 3 is 2.94 bits per heavy atom. The molecule has 0 bridgehead atoms. The Balaban J connectivity index is 0.000000963. The van der Waals surface area contributed by atoms with E-state index in [2.05, 4.69) is 15.4 Å². The van der Waals surface area contributed by atoms with Gasteiger partial charge in [0.1, 0.15) is 12.7 Å². The van der Waals surface area contributed by atoms with Crippen LogP contribution in [0.25, 0.3) is 10.9 Å². The maximum Gasteiger partial charge on any atom is 0.408 e. The number of nitrogens with zero attached hydrogens (tertiary/aromatic N) is 2. The molecule has 0 fully saturated rings. The van der Waals surface area contributed by atoms with Crippen molar-refractivity contribution in [3.8, 4) is 0 Å². The SMILES string of the molecule is Clc1cccc2c[n+](C3=NCCN3)[nH]c12.[Cl-]. The molecule has 4 nitrogen and oxygen atoms in total. The molecule has 2 aromatic rings. The lowest BCUT2D eigenvalue weighted by Crippen LogP contribution is -3.00. The first-order chi connectivity index (χ1) is 7.34. The average Bonchev–Trinajstić information content (AvgIpc) is 2.86. The summed E-state index contributed by atoms with van der Waals surface area (Å²) in [5.74, 6) is 0.849. The van der Waals surface area contributed by atoms with Crippen molar-refractivity contribution in [2.24, 2.45) is 4.99 Å². The van der Waals surface area contributed by atoms with E-state index in [1.165, 1.54) is 0 Å². The maximum absolute atomic E-state index is 6.07. The minimum Gasteiger partial charge on any atom is -1.00 e. The van der Waals surface area contributed by atoms with Crippen molar-refractivity contribution in [3.63, 3.8) is 0 Å². The molecule has 0 atom stereocenters. The van der Waals surface area contributed by atoms with Gasteiger partial charge in [-0.25, -0.2) is 5.10 Å². The molecule has 1 aliphatic heterocycles. The molecule has 0 unspecified atom stereocenters. The maximum atomic E-state index is 6.07. The van der Waals surface area contributed by atoms with E-state index in [1.54, 1.807) is 0 Å². The minimum atomic E-state index is 0. The van der Waals surface area contributed by atoms with Gasteiger partial charge in [0, 0.05) is 5.39 Å². The number of H-pyrrole nitrogens is 1. The number of aromatic amines is 1. The molecule has 2 N–H and O–H groups in total. The largest absolute Gasteiger partial charge is 1.00 e. The Kier molecular flexibility index (Phi) is 3.03. The molecule has 16 heavy (non-hydrogen) atoms. The summed E-state index contributed by atoms with van der Waals surface area (Å²) in [7, 11) is 0. The van der Waals surface area contributed by atoms with E-state index in [4.69, 9.17) is 11.6 Å². The van der Waals surface area contributed by atoms with Crippen LogP contribution in [-0.4, -0.2) is 24.1 Å². The number of fused-ring (bicyclic) bond motifs is 1. The van der Waals surface area contributed by atoms with Gasteiger partial charge in [-0.3, -0.25) is 5.32 Å². The quantitative estimate of drug-likeness (QED) is 0.523. The van der Waals surface area contributed by atoms with Crippen LogP contribution in [0.5, 0.6) is 0 Å². The lowest BCUT2D eigenvalue weighted by Gasteiger charge is -1.91. The molecule has 0 saturated heterocycles. The van der Waals surface area contributed by atoms with Crippen molar-refractivity contribution in [2.75, 3.05) is 13.1 Å². The summed E-state index contributed by atoms with van der Waals surface area (Å²) in [6, 6.07) is 5.82. The van der Waals surface area contributed by atoms with Crippen LogP contribution in [0.2, 0.25) is 5.02 Å². The number of halogens is 2. The summed E-state index contributed by atoms with van der Waals surface area (Å²) in [6.07, 6.45) is 1.98. The molecule has 84 valence electrons. The monoisotopic (exact) mass is 256 g/mol. The Bertz CT molecular complexity index is 547. The van der Waals surface area contributed by atoms with Crippen LogP contribution in [0, 0.1) is 0 Å². The number of rotatable bonds is 0. The summed E-state index contributed by atoms with van der Waals surface area (Å²) in [5.41, 5.74) is 0.940. The highest BCUT2D eigenvalue weighted by Gasteiger charge is 2.18. The van der Waals surface area contributed by atoms with Crippen molar-refractivity contribution >= 4 is 28.5 Å². The van der Waals surface area contributed by atoms with Gasteiger partial charge in [0.15, 0.2) is 0 Å². The van der Waals surface area contributed by atoms with Gasteiger partial charge in [-0.2, -0.15) is 0 Å². The van der Waals surface area contributed by atoms with Crippen molar-refractivity contribution < 1.29 is 17.1 Å². The second kappa shape index (κ2) is 4.31. The molecule has 6 heteroatoms. The minimum absolute atomic E-state index is 0. The van der Waals surface area contributed by atoms with E-state index < -0.39 is 0 Å². The highest BCUT2D eigenvalue weighted by Crippen LogP contribution is 2.19. The third-order valence-corrected chi connectivity index (χ3v) is 2.75. The van der Waals surface area contributed by atoms with Gasteiger partial charge in [0.05, 0.1) is 17.1 Å². The summed E-state index contributed by atoms with van der Waals surface area (Å²) in [4.78, 5) is 4.33. The molecule has 1 aromatic carbocycles. The first-order valence-corrected chi connectivity index (χ1v) is 5.20. The van der Waals surface area contributed by atoms with Gasteiger partial charge in [-0.1, -0.05) is 17.7 Å². The number of para-hydroxylation sites is 1. The molecule has 0 spiro atoms. The van der Waals surface area contributed by atoms with Crippen molar-refractivity contribution in [3.05, 3.63) is 29.4 Å². The first kappa shape index (κ1) is 11.2. The standard InChI is InChI=1S/C10H9ClN4.ClH/c11-8-3-1-2-7-6-15(14-9(7)8)10-12-4-5-13-10;/h1-3,6H,4-5H2,(H,12,13);1H. The summed E-state index contributed by atoms with van der Waals surface area (Å²) >= 11 is 6.07. The van der Waals surface area contributed by atoms with E-state index >= 15 is 0 Å². The summed E-state index contributed by atoms with van der Waals surface area (Å²) in [6.45, 7) is 1.72. The Morgan fingerprint density at radius 2 is 2.25 bits per heavy atom. The number of benzene rings is 1. The van der Waals surface area contributed by atoms with Gasteiger partial charge in [0.2, 0.25) is 0 Å². The molecule has 1 aromatic heterocycles. The second-order valence-corrected chi connectivity index (χ2v) is 3.85. The van der Waals surface area contributed by atoms with Crippen LogP contribution in [-0.2, 0) is 0 Å². The molecule has 0 aliphatic carbocycles. The molecule has 1 aliphatic rings. The van der Waals surface area contributed by atoms with Crippen LogP contribution in [0.3, 0.4) is 0 Å². The molecule has 0 radical (unpaired) electrons. The van der Waals surface area contributed by atoms with Crippen LogP contribution in [0.1, 0.15) is 0 Å². The van der Waals surface area contributed by atoms with Crippen LogP contribution < -0.4 is 22.4 Å². The third-order valence-electron chi connectivity index (χ3n) is 2.43. The van der Waals surface area contributed by atoms with Crippen LogP contribution >= 0.6 is 11.6 Å². The van der Waals surface area contributed by atoms with Gasteiger partial charge in [0.25, 0.3) is 0 Å². The highest BCUT2D eigenvalue weighted by atomic mass is 35.5. The van der Waals surface area contributed by atoms with E-state index in [1.807, 2.05) is 29.1 Å². The predicted octanol–water partition coefficient (Wildman–Crippen LogP) is -2.08. The molecule has 2 heterocycles. The van der Waals surface area contributed by atoms with Gasteiger partial charge < -0.3 is 12.4 Å². The van der Waals surface area contributed by atoms with Gasteiger partial charge >= 0.3 is 5.96 Å². The first-order valence-electron chi connectivity index (χ1n) is 4.82. The second-order valence-electron chi connectivity index (χ2n) is 3.45. The van der Waals surface area contributed by atoms with E-state index in [0.717, 1.165) is 35.0 Å². The molecular formula is C10H10Cl2N4. The zero-order valence-electron chi connectivity index (χ0n) is 8.37. The summed E-state index contributed by atoms with van der Waals surface area (Å²) in [5, 5.41) is 8.20. The Morgan fingerprint density at radius 1 is 1.38 bits per heavy atom. The number of aromatic nitrogens is 2. The van der Waals surface area contributed by atoms with E-state index in [9.17, 15) is 0 Å². The average molecular weight is 257 g/mol. The normalized spacial score (nSPS) is 14.4. The van der Waals surface area contributed by atoms with Crippen LogP contribution in [0.15, 0.2) is 29.4 Å².